The minimum absolute atomic E-state index is 0.0179. The van der Waals surface area contributed by atoms with Gasteiger partial charge in [0.25, 0.3) is 11.8 Å². The van der Waals surface area contributed by atoms with Crippen LogP contribution in [0.1, 0.15) is 119 Å². The van der Waals surface area contributed by atoms with Crippen molar-refractivity contribution in [3.63, 3.8) is 0 Å². The van der Waals surface area contributed by atoms with Gasteiger partial charge in [0.2, 0.25) is 0 Å². The third kappa shape index (κ3) is 6.52. The SMILES string of the molecule is CCC1=C(C)c2cc3nc(cc4[nH]c(c5c6[nH]c(cc1n2)c(C)c6C(=O)N(CCN1CCOCC1)C5=O)[C@@H](CCC(=O)OCCO)[C@@H]4C)C(C)=C3C(=O)O. The van der Waals surface area contributed by atoms with Gasteiger partial charge in [0, 0.05) is 61.3 Å². The second-order valence-corrected chi connectivity index (χ2v) is 14.3. The standard InChI is InChI=1S/C40H46N6O8/c1-6-24-20(2)26-19-31-33(40(51)52)22(4)28(42-31)17-27-21(3)25(7-8-32(48)54-16-13-47)36(43-27)35-37-34(23(5)29(44-37)18-30(24)41-26)38(49)46(39(35)50)10-9-45-11-14-53-15-12-45/h17-19,21,25,43-44,47H,6-16H2,1-5H3,(H,51,52)/t21-,25-/m0/s1. The van der Waals surface area contributed by atoms with Gasteiger partial charge in [0.15, 0.2) is 0 Å². The van der Waals surface area contributed by atoms with Crippen molar-refractivity contribution in [3.05, 3.63) is 69.1 Å². The fourth-order valence-corrected chi connectivity index (χ4v) is 8.20. The van der Waals surface area contributed by atoms with Gasteiger partial charge >= 0.3 is 11.9 Å². The molecule has 2 amide bonds. The summed E-state index contributed by atoms with van der Waals surface area (Å²) in [6.45, 7) is 12.4. The number of carboxylic acids is 1. The Hall–Kier alpha value is -5.18. The molecular formula is C40H46N6O8. The van der Waals surface area contributed by atoms with E-state index in [2.05, 4.69) is 14.9 Å². The van der Waals surface area contributed by atoms with Crippen LogP contribution in [0.5, 0.6) is 0 Å². The van der Waals surface area contributed by atoms with E-state index < -0.39 is 23.8 Å². The van der Waals surface area contributed by atoms with Crippen LogP contribution in [0.4, 0.5) is 0 Å². The number of amides is 2. The number of ether oxygens (including phenoxy) is 2. The first-order valence-electron chi connectivity index (χ1n) is 18.6. The lowest BCUT2D eigenvalue weighted by molar-refractivity contribution is -0.144. The van der Waals surface area contributed by atoms with E-state index in [4.69, 9.17) is 19.4 Å². The van der Waals surface area contributed by atoms with E-state index in [1.165, 1.54) is 4.90 Å². The molecule has 0 spiro atoms. The van der Waals surface area contributed by atoms with E-state index in [1.54, 1.807) is 13.0 Å². The molecule has 4 N–H and O–H groups in total. The number of carbonyl (C=O) groups is 4. The predicted molar refractivity (Wildman–Crippen MR) is 201 cm³/mol. The van der Waals surface area contributed by atoms with Crippen LogP contribution < -0.4 is 0 Å². The van der Waals surface area contributed by atoms with Gasteiger partial charge in [0.05, 0.1) is 64.8 Å². The van der Waals surface area contributed by atoms with Crippen molar-refractivity contribution in [3.8, 4) is 0 Å². The number of aryl methyl sites for hydroxylation is 1. The Morgan fingerprint density at radius 2 is 1.65 bits per heavy atom. The van der Waals surface area contributed by atoms with Gasteiger partial charge < -0.3 is 29.7 Å². The maximum atomic E-state index is 14.8. The highest BCUT2D eigenvalue weighted by atomic mass is 16.5. The zero-order valence-corrected chi connectivity index (χ0v) is 31.3. The van der Waals surface area contributed by atoms with Gasteiger partial charge in [-0.25, -0.2) is 14.8 Å². The molecule has 0 aromatic carbocycles. The third-order valence-electron chi connectivity index (χ3n) is 11.3. The summed E-state index contributed by atoms with van der Waals surface area (Å²) in [7, 11) is 0. The molecule has 0 aliphatic carbocycles. The average molecular weight is 739 g/mol. The van der Waals surface area contributed by atoms with Crippen LogP contribution in [-0.4, -0.2) is 116 Å². The maximum Gasteiger partial charge on any atom is 0.338 e. The smallest absolute Gasteiger partial charge is 0.338 e. The lowest BCUT2D eigenvalue weighted by Gasteiger charge is -2.31. The van der Waals surface area contributed by atoms with Crippen molar-refractivity contribution in [2.24, 2.45) is 0 Å². The highest BCUT2D eigenvalue weighted by Gasteiger charge is 2.41. The van der Waals surface area contributed by atoms with Crippen LogP contribution in [0.2, 0.25) is 0 Å². The molecule has 1 fully saturated rings. The molecule has 5 aliphatic heterocycles. The molecule has 2 atom stereocenters. The lowest BCUT2D eigenvalue weighted by atomic mass is 9.84. The summed E-state index contributed by atoms with van der Waals surface area (Å²) in [6, 6.07) is 5.41. The highest BCUT2D eigenvalue weighted by Crippen LogP contribution is 2.44. The van der Waals surface area contributed by atoms with Crippen molar-refractivity contribution in [2.45, 2.75) is 65.7 Å². The minimum atomic E-state index is -1.11. The number of imide groups is 1. The van der Waals surface area contributed by atoms with Gasteiger partial charge in [-0.1, -0.05) is 13.8 Å². The fraction of sp³-hybridized carbons (Fsp3) is 0.450. The first kappa shape index (κ1) is 37.1. The summed E-state index contributed by atoms with van der Waals surface area (Å²) in [5, 5.41) is 19.6. The number of allylic oxidation sites excluding steroid dienone is 3. The quantitative estimate of drug-likeness (QED) is 0.193. The van der Waals surface area contributed by atoms with Crippen LogP contribution in [-0.2, 0) is 19.1 Å². The molecule has 0 saturated carbocycles. The lowest BCUT2D eigenvalue weighted by Crippen LogP contribution is -2.47. The van der Waals surface area contributed by atoms with E-state index in [-0.39, 0.29) is 49.3 Å². The van der Waals surface area contributed by atoms with Crippen LogP contribution in [0.25, 0.3) is 33.3 Å². The van der Waals surface area contributed by atoms with Gasteiger partial charge in [-0.2, -0.15) is 0 Å². The van der Waals surface area contributed by atoms with E-state index in [9.17, 15) is 29.4 Å². The molecular weight excluding hydrogens is 692 g/mol. The van der Waals surface area contributed by atoms with E-state index >= 15 is 0 Å². The van der Waals surface area contributed by atoms with Crippen molar-refractivity contribution < 1.29 is 38.9 Å². The number of aromatic amines is 2. The molecule has 2 aromatic heterocycles. The molecule has 7 heterocycles. The van der Waals surface area contributed by atoms with Gasteiger partial charge in [-0.15, -0.1) is 0 Å². The zero-order chi connectivity index (χ0) is 38.4. The Labute approximate surface area is 312 Å². The fourth-order valence-electron chi connectivity index (χ4n) is 8.20. The van der Waals surface area contributed by atoms with E-state index in [1.807, 2.05) is 39.8 Å². The number of aliphatic hydroxyl groups excluding tert-OH is 1. The van der Waals surface area contributed by atoms with Gasteiger partial charge in [-0.3, -0.25) is 24.2 Å². The molecule has 2 aromatic rings. The number of hydrogen-bond donors (Lipinski definition) is 4. The number of rotatable bonds is 10. The minimum Gasteiger partial charge on any atom is -0.478 e. The molecule has 284 valence electrons. The van der Waals surface area contributed by atoms with Crippen molar-refractivity contribution >= 4 is 57.1 Å². The van der Waals surface area contributed by atoms with Crippen molar-refractivity contribution in [1.82, 2.24) is 29.7 Å². The second-order valence-electron chi connectivity index (χ2n) is 14.3. The number of nitrogens with zero attached hydrogens (tertiary/aromatic N) is 4. The number of aliphatic hydroxyl groups is 1. The number of hydrogen-bond acceptors (Lipinski definition) is 10. The number of aliphatic carboxylic acids is 1. The molecule has 14 heteroatoms. The Bertz CT molecular complexity index is 2210. The molecule has 14 nitrogen and oxygen atoms in total. The van der Waals surface area contributed by atoms with Crippen LogP contribution in [0, 0.1) is 6.92 Å². The Morgan fingerprint density at radius 1 is 0.944 bits per heavy atom. The molecule has 5 aliphatic rings. The van der Waals surface area contributed by atoms with Crippen molar-refractivity contribution in [2.75, 3.05) is 52.6 Å². The summed E-state index contributed by atoms with van der Waals surface area (Å²) in [6.07, 6.45) is 0.967. The van der Waals surface area contributed by atoms with Crippen LogP contribution in [0.15, 0.2) is 18.2 Å². The summed E-state index contributed by atoms with van der Waals surface area (Å²) in [4.78, 5) is 74.9. The van der Waals surface area contributed by atoms with Gasteiger partial charge in [-0.05, 0) is 74.1 Å². The summed E-state index contributed by atoms with van der Waals surface area (Å²) >= 11 is 0. The summed E-state index contributed by atoms with van der Waals surface area (Å²) in [5.74, 6) is -3.11. The first-order chi connectivity index (χ1) is 25.9. The maximum absolute atomic E-state index is 14.8. The first-order valence-corrected chi connectivity index (χ1v) is 18.6. The number of carbonyl (C=O) groups excluding carboxylic acids is 3. The van der Waals surface area contributed by atoms with Crippen LogP contribution >= 0.6 is 0 Å². The monoisotopic (exact) mass is 738 g/mol. The second kappa shape index (κ2) is 14.9. The molecule has 8 bridgehead atoms. The average Bonchev–Trinajstić information content (AvgIpc) is 3.83. The van der Waals surface area contributed by atoms with Gasteiger partial charge in [0.1, 0.15) is 6.61 Å². The molecule has 0 unspecified atom stereocenters. The molecule has 0 radical (unpaired) electrons. The topological polar surface area (TPSA) is 191 Å². The molecule has 54 heavy (non-hydrogen) atoms. The number of morpholine rings is 1. The Kier molecular flexibility index (Phi) is 10.3. The number of fused-ring (bicyclic) bond motifs is 8. The largest absolute Gasteiger partial charge is 0.478 e. The number of nitrogens with one attached hydrogen (secondary N) is 2. The highest BCUT2D eigenvalue weighted by molar-refractivity contribution is 6.24. The third-order valence-corrected chi connectivity index (χ3v) is 11.3. The Balaban J connectivity index is 1.52. The number of esters is 1. The van der Waals surface area contributed by atoms with E-state index in [0.29, 0.717) is 107 Å². The molecule has 7 rings (SSSR count). The number of carboxylic acid groups (broad SMARTS) is 1. The molecule has 1 saturated heterocycles. The summed E-state index contributed by atoms with van der Waals surface area (Å²) in [5.41, 5.74) is 8.08. The predicted octanol–water partition coefficient (Wildman–Crippen LogP) is 4.83. The number of H-pyrrole nitrogens is 2. The Morgan fingerprint density at radius 3 is 2.35 bits per heavy atom. The van der Waals surface area contributed by atoms with Crippen LogP contribution in [0.3, 0.4) is 0 Å². The summed E-state index contributed by atoms with van der Waals surface area (Å²) < 4.78 is 10.7. The normalized spacial score (nSPS) is 19.5. The zero-order valence-electron chi connectivity index (χ0n) is 31.3. The number of aromatic nitrogens is 4. The van der Waals surface area contributed by atoms with E-state index in [0.717, 1.165) is 11.1 Å². The van der Waals surface area contributed by atoms with Crippen molar-refractivity contribution in [1.29, 1.82) is 0 Å².